The van der Waals surface area contributed by atoms with Crippen LogP contribution in [0.4, 0.5) is 11.4 Å². The zero-order valence-electron chi connectivity index (χ0n) is 21.0. The van der Waals surface area contributed by atoms with E-state index in [1.807, 2.05) is 48.5 Å². The number of nitrogens with one attached hydrogen (secondary N) is 1. The van der Waals surface area contributed by atoms with E-state index in [4.69, 9.17) is 11.6 Å². The predicted octanol–water partition coefficient (Wildman–Crippen LogP) is 4.33. The Bertz CT molecular complexity index is 1320. The smallest absolute Gasteiger partial charge is 0.251 e. The van der Waals surface area contributed by atoms with Crippen LogP contribution in [0.5, 0.6) is 0 Å². The Morgan fingerprint density at radius 1 is 1.00 bits per heavy atom. The molecule has 0 radical (unpaired) electrons. The van der Waals surface area contributed by atoms with E-state index in [2.05, 4.69) is 10.2 Å². The molecular formula is C29H31ClN4O3. The van der Waals surface area contributed by atoms with Gasteiger partial charge in [0.2, 0.25) is 11.8 Å². The van der Waals surface area contributed by atoms with Gasteiger partial charge in [-0.2, -0.15) is 0 Å². The highest BCUT2D eigenvalue weighted by molar-refractivity contribution is 6.31. The molecule has 3 aromatic carbocycles. The Hall–Kier alpha value is -3.42. The zero-order chi connectivity index (χ0) is 25.9. The van der Waals surface area contributed by atoms with Gasteiger partial charge in [-0.25, -0.2) is 0 Å². The van der Waals surface area contributed by atoms with Crippen LogP contribution in [0.15, 0.2) is 60.7 Å². The highest BCUT2D eigenvalue weighted by atomic mass is 35.5. The van der Waals surface area contributed by atoms with Crippen LogP contribution in [0.2, 0.25) is 5.02 Å². The van der Waals surface area contributed by atoms with E-state index in [0.717, 1.165) is 48.1 Å². The van der Waals surface area contributed by atoms with Gasteiger partial charge >= 0.3 is 0 Å². The highest BCUT2D eigenvalue weighted by Crippen LogP contribution is 2.27. The van der Waals surface area contributed by atoms with Crippen molar-refractivity contribution in [2.75, 3.05) is 49.6 Å². The number of fused-ring (bicyclic) bond motifs is 1. The largest absolute Gasteiger partial charge is 0.352 e. The van der Waals surface area contributed by atoms with Crippen molar-refractivity contribution in [3.05, 3.63) is 71.2 Å². The molecule has 8 heteroatoms. The number of likely N-dealkylation sites (tertiary alicyclic amines) is 1. The van der Waals surface area contributed by atoms with Gasteiger partial charge in [0.25, 0.3) is 5.91 Å². The summed E-state index contributed by atoms with van der Waals surface area (Å²) in [5.74, 6) is -0.0280. The summed E-state index contributed by atoms with van der Waals surface area (Å²) in [5.41, 5.74) is 2.19. The van der Waals surface area contributed by atoms with Crippen LogP contribution in [0.1, 0.15) is 29.6 Å². The van der Waals surface area contributed by atoms with Gasteiger partial charge in [0.05, 0.1) is 6.54 Å². The van der Waals surface area contributed by atoms with Crippen molar-refractivity contribution in [2.45, 2.75) is 19.3 Å². The predicted molar refractivity (Wildman–Crippen MR) is 147 cm³/mol. The second-order valence-electron chi connectivity index (χ2n) is 9.94. The number of carbonyl (C=O) groups excluding carboxylic acids is 3. The molecule has 2 aliphatic heterocycles. The topological polar surface area (TPSA) is 73.0 Å². The van der Waals surface area contributed by atoms with Gasteiger partial charge in [-0.05, 0) is 85.2 Å². The fourth-order valence-corrected chi connectivity index (χ4v) is 5.28. The summed E-state index contributed by atoms with van der Waals surface area (Å²) in [4.78, 5) is 43.7. The number of halogens is 1. The minimum atomic E-state index is -0.159. The number of likely N-dealkylation sites (N-methyl/N-ethyl adjacent to an activating group) is 1. The molecule has 5 rings (SSSR count). The number of hydrogen-bond donors (Lipinski definition) is 1. The van der Waals surface area contributed by atoms with E-state index in [1.165, 1.54) is 0 Å². The Kier molecular flexibility index (Phi) is 7.44. The SMILES string of the molecule is CN(C(=O)CN1CCCC1)c1ccc(N2CC(CNC(=O)c3ccc4cc(Cl)ccc4c3)CC2=O)cc1. The van der Waals surface area contributed by atoms with Gasteiger partial charge in [0.1, 0.15) is 0 Å². The van der Waals surface area contributed by atoms with Crippen LogP contribution in [0.3, 0.4) is 0 Å². The minimum absolute atomic E-state index is 0.0279. The maximum Gasteiger partial charge on any atom is 0.251 e. The first-order chi connectivity index (χ1) is 17.9. The van der Waals surface area contributed by atoms with E-state index in [0.29, 0.717) is 36.6 Å². The molecule has 2 saturated heterocycles. The zero-order valence-corrected chi connectivity index (χ0v) is 21.7. The third-order valence-corrected chi connectivity index (χ3v) is 7.54. The summed E-state index contributed by atoms with van der Waals surface area (Å²) >= 11 is 6.05. The highest BCUT2D eigenvalue weighted by Gasteiger charge is 2.31. The number of hydrogen-bond acceptors (Lipinski definition) is 4. The van der Waals surface area contributed by atoms with Gasteiger partial charge < -0.3 is 15.1 Å². The van der Waals surface area contributed by atoms with Gasteiger partial charge in [0, 0.05) is 54.4 Å². The molecule has 3 amide bonds. The van der Waals surface area contributed by atoms with Gasteiger partial charge in [-0.3, -0.25) is 19.3 Å². The van der Waals surface area contributed by atoms with E-state index in [1.54, 1.807) is 29.0 Å². The summed E-state index contributed by atoms with van der Waals surface area (Å²) in [6.07, 6.45) is 2.69. The van der Waals surface area contributed by atoms with Gasteiger partial charge in [0.15, 0.2) is 0 Å². The number of benzene rings is 3. The first kappa shape index (κ1) is 25.2. The summed E-state index contributed by atoms with van der Waals surface area (Å²) in [6.45, 7) is 3.36. The van der Waals surface area contributed by atoms with Crippen LogP contribution in [-0.2, 0) is 9.59 Å². The van der Waals surface area contributed by atoms with Crippen LogP contribution in [0.25, 0.3) is 10.8 Å². The van der Waals surface area contributed by atoms with Crippen molar-refractivity contribution < 1.29 is 14.4 Å². The van der Waals surface area contributed by atoms with E-state index >= 15 is 0 Å². The molecule has 192 valence electrons. The van der Waals surface area contributed by atoms with Crippen LogP contribution >= 0.6 is 11.6 Å². The quantitative estimate of drug-likeness (QED) is 0.505. The number of anilines is 2. The Morgan fingerprint density at radius 3 is 2.46 bits per heavy atom. The number of amides is 3. The molecule has 0 spiro atoms. The van der Waals surface area contributed by atoms with Crippen molar-refractivity contribution in [1.82, 2.24) is 10.2 Å². The Morgan fingerprint density at radius 2 is 1.70 bits per heavy atom. The van der Waals surface area contributed by atoms with Crippen molar-refractivity contribution in [1.29, 1.82) is 0 Å². The Labute approximate surface area is 222 Å². The molecule has 0 aliphatic carbocycles. The van der Waals surface area contributed by atoms with Crippen molar-refractivity contribution in [3.8, 4) is 0 Å². The van der Waals surface area contributed by atoms with E-state index < -0.39 is 0 Å². The van der Waals surface area contributed by atoms with Gasteiger partial charge in [-0.1, -0.05) is 23.7 Å². The molecule has 3 aromatic rings. The third kappa shape index (κ3) is 5.78. The summed E-state index contributed by atoms with van der Waals surface area (Å²) in [6, 6.07) is 18.6. The summed E-state index contributed by atoms with van der Waals surface area (Å²) in [7, 11) is 1.79. The molecule has 2 aliphatic rings. The lowest BCUT2D eigenvalue weighted by Gasteiger charge is -2.22. The molecule has 1 unspecified atom stereocenters. The Balaban J connectivity index is 1.15. The van der Waals surface area contributed by atoms with Gasteiger partial charge in [-0.15, -0.1) is 0 Å². The fraction of sp³-hybridized carbons (Fsp3) is 0.345. The number of rotatable bonds is 7. The normalized spacial score (nSPS) is 17.9. The van der Waals surface area contributed by atoms with Crippen LogP contribution in [-0.4, -0.2) is 62.4 Å². The lowest BCUT2D eigenvalue weighted by Crippen LogP contribution is -2.37. The molecule has 1 N–H and O–H groups in total. The molecule has 2 fully saturated rings. The molecule has 7 nitrogen and oxygen atoms in total. The average Bonchev–Trinajstić information content (AvgIpc) is 3.55. The van der Waals surface area contributed by atoms with Crippen molar-refractivity contribution in [3.63, 3.8) is 0 Å². The molecular weight excluding hydrogens is 488 g/mol. The van der Waals surface area contributed by atoms with Crippen LogP contribution < -0.4 is 15.1 Å². The maximum atomic E-state index is 12.7. The maximum absolute atomic E-state index is 12.7. The first-order valence-electron chi connectivity index (χ1n) is 12.7. The standard InChI is InChI=1S/C29H31ClN4O3/c1-32(28(36)19-33-12-2-3-13-33)25-8-10-26(11-9-25)34-18-20(14-27(34)35)17-31-29(37)23-5-4-22-16-24(30)7-6-21(22)15-23/h4-11,15-16,20H,2-3,12-14,17-19H2,1H3,(H,31,37). The van der Waals surface area contributed by atoms with Crippen molar-refractivity contribution in [2.24, 2.45) is 5.92 Å². The first-order valence-corrected chi connectivity index (χ1v) is 13.1. The summed E-state index contributed by atoms with van der Waals surface area (Å²) in [5, 5.41) is 5.57. The monoisotopic (exact) mass is 518 g/mol. The van der Waals surface area contributed by atoms with Crippen LogP contribution in [0, 0.1) is 5.92 Å². The molecule has 0 aromatic heterocycles. The fourth-order valence-electron chi connectivity index (χ4n) is 5.10. The molecule has 0 bridgehead atoms. The summed E-state index contributed by atoms with van der Waals surface area (Å²) < 4.78 is 0. The second kappa shape index (κ2) is 10.9. The molecule has 2 heterocycles. The minimum Gasteiger partial charge on any atom is -0.352 e. The van der Waals surface area contributed by atoms with E-state index in [9.17, 15) is 14.4 Å². The van der Waals surface area contributed by atoms with E-state index in [-0.39, 0.29) is 23.6 Å². The second-order valence-corrected chi connectivity index (χ2v) is 10.4. The van der Waals surface area contributed by atoms with Crippen molar-refractivity contribution >= 4 is 51.5 Å². The average molecular weight is 519 g/mol. The number of carbonyl (C=O) groups is 3. The molecule has 1 atom stereocenters. The molecule has 0 saturated carbocycles. The lowest BCUT2D eigenvalue weighted by molar-refractivity contribution is -0.119. The third-order valence-electron chi connectivity index (χ3n) is 7.30. The lowest BCUT2D eigenvalue weighted by atomic mass is 10.1. The molecule has 37 heavy (non-hydrogen) atoms. The number of nitrogens with zero attached hydrogens (tertiary/aromatic N) is 3.